The number of hydrogen-bond donors (Lipinski definition) is 4. The van der Waals surface area contributed by atoms with Crippen molar-refractivity contribution in [2.24, 2.45) is 0 Å². The molecule has 0 radical (unpaired) electrons. The third-order valence-electron chi connectivity index (χ3n) is 8.20. The van der Waals surface area contributed by atoms with Gasteiger partial charge in [0.25, 0.3) is 0 Å². The first-order valence-corrected chi connectivity index (χ1v) is 15.8. The van der Waals surface area contributed by atoms with Gasteiger partial charge in [-0.15, -0.1) is 0 Å². The normalized spacial score (nSPS) is 13.5. The van der Waals surface area contributed by atoms with Gasteiger partial charge in [-0.3, -0.25) is 0 Å². The number of hydrogen-bond acceptors (Lipinski definition) is 6. The number of aromatic hydroxyl groups is 3. The van der Waals surface area contributed by atoms with Gasteiger partial charge in [-0.2, -0.15) is 0 Å². The van der Waals surface area contributed by atoms with Crippen molar-refractivity contribution in [3.05, 3.63) is 107 Å². The zero-order valence-electron chi connectivity index (χ0n) is 23.4. The molecule has 0 amide bonds. The van der Waals surface area contributed by atoms with Crippen molar-refractivity contribution in [1.82, 2.24) is 0 Å². The Morgan fingerprint density at radius 3 is 2.19 bits per heavy atom. The van der Waals surface area contributed by atoms with Crippen LogP contribution in [0.3, 0.4) is 0 Å². The van der Waals surface area contributed by atoms with Crippen molar-refractivity contribution >= 4 is 20.6 Å². The predicted octanol–water partition coefficient (Wildman–Crippen LogP) is 6.96. The highest BCUT2D eigenvalue weighted by atomic mass is 32.2. The standard InChI is InChI=1S/C35H32O6S/c1-20-14-25(17-26(34(20)38)15-21-6-11-27(12-7-21)42(2,40)41)28-4-3-5-29(31(28)19-36)30-13-10-23-16-24(22-8-9-22)18-32(37)33(23)35(30)39/h3-7,10-14,16-18,22,36-39H,8-9,15,19H2,1-2H3. The second kappa shape index (κ2) is 10.5. The van der Waals surface area contributed by atoms with E-state index in [1.54, 1.807) is 30.3 Å². The van der Waals surface area contributed by atoms with Crippen LogP contribution in [0.4, 0.5) is 0 Å². The number of aryl methyl sites for hydroxylation is 1. The minimum absolute atomic E-state index is 0.0406. The van der Waals surface area contributed by atoms with E-state index in [2.05, 4.69) is 0 Å². The van der Waals surface area contributed by atoms with Crippen LogP contribution < -0.4 is 0 Å². The van der Waals surface area contributed by atoms with Gasteiger partial charge in [0, 0.05) is 18.2 Å². The Kier molecular flexibility index (Phi) is 6.95. The lowest BCUT2D eigenvalue weighted by Gasteiger charge is -2.18. The second-order valence-electron chi connectivity index (χ2n) is 11.3. The van der Waals surface area contributed by atoms with E-state index in [1.807, 2.05) is 55.5 Å². The molecule has 1 fully saturated rings. The SMILES string of the molecule is Cc1cc(-c2cccc(-c3ccc4cc(C5CC5)cc(O)c4c3O)c2CO)cc(Cc2ccc(S(C)(=O)=O)cc2)c1O. The molecule has 0 aliphatic heterocycles. The summed E-state index contributed by atoms with van der Waals surface area (Å²) in [4.78, 5) is 0.235. The molecule has 0 aromatic heterocycles. The Bertz CT molecular complexity index is 1960. The van der Waals surface area contributed by atoms with E-state index in [1.165, 1.54) is 6.26 Å². The monoisotopic (exact) mass is 580 g/mol. The molecule has 0 heterocycles. The molecule has 0 atom stereocenters. The number of phenols is 3. The number of benzene rings is 5. The molecule has 1 aliphatic carbocycles. The molecular formula is C35H32O6S. The second-order valence-corrected chi connectivity index (χ2v) is 13.3. The van der Waals surface area contributed by atoms with Crippen molar-refractivity contribution in [2.75, 3.05) is 6.26 Å². The summed E-state index contributed by atoms with van der Waals surface area (Å²) >= 11 is 0. The lowest BCUT2D eigenvalue weighted by Crippen LogP contribution is -1.99. The fourth-order valence-corrected chi connectivity index (χ4v) is 6.44. The summed E-state index contributed by atoms with van der Waals surface area (Å²) in [5.41, 5.74) is 6.54. The summed E-state index contributed by atoms with van der Waals surface area (Å²) in [6.07, 6.45) is 3.76. The molecule has 6 nitrogen and oxygen atoms in total. The zero-order valence-corrected chi connectivity index (χ0v) is 24.2. The Morgan fingerprint density at radius 2 is 1.52 bits per heavy atom. The van der Waals surface area contributed by atoms with Gasteiger partial charge < -0.3 is 20.4 Å². The van der Waals surface area contributed by atoms with Crippen LogP contribution in [0.5, 0.6) is 17.2 Å². The molecule has 5 aromatic rings. The lowest BCUT2D eigenvalue weighted by molar-refractivity contribution is 0.283. The highest BCUT2D eigenvalue weighted by Crippen LogP contribution is 2.47. The topological polar surface area (TPSA) is 115 Å². The van der Waals surface area contributed by atoms with Gasteiger partial charge >= 0.3 is 0 Å². The van der Waals surface area contributed by atoms with E-state index < -0.39 is 9.84 Å². The Labute approximate surface area is 245 Å². The maximum Gasteiger partial charge on any atom is 0.175 e. The van der Waals surface area contributed by atoms with Gasteiger partial charge in [0.2, 0.25) is 0 Å². The molecule has 0 unspecified atom stereocenters. The van der Waals surface area contributed by atoms with Crippen LogP contribution >= 0.6 is 0 Å². The molecule has 42 heavy (non-hydrogen) atoms. The van der Waals surface area contributed by atoms with Crippen molar-refractivity contribution in [3.63, 3.8) is 0 Å². The van der Waals surface area contributed by atoms with Gasteiger partial charge in [0.1, 0.15) is 17.2 Å². The van der Waals surface area contributed by atoms with E-state index in [0.717, 1.165) is 40.5 Å². The molecule has 214 valence electrons. The lowest BCUT2D eigenvalue weighted by atomic mass is 9.88. The van der Waals surface area contributed by atoms with Gasteiger partial charge in [0.05, 0.1) is 16.9 Å². The Morgan fingerprint density at radius 1 is 0.810 bits per heavy atom. The summed E-state index contributed by atoms with van der Waals surface area (Å²) in [7, 11) is -3.31. The van der Waals surface area contributed by atoms with Crippen LogP contribution in [0.2, 0.25) is 0 Å². The molecule has 6 rings (SSSR count). The van der Waals surface area contributed by atoms with E-state index >= 15 is 0 Å². The molecule has 7 heteroatoms. The Balaban J connectivity index is 1.42. The first-order chi connectivity index (χ1) is 20.0. The summed E-state index contributed by atoms with van der Waals surface area (Å²) in [5.74, 6) is 0.615. The number of rotatable bonds is 7. The fraction of sp³-hybridized carbons (Fsp3) is 0.200. The average molecular weight is 581 g/mol. The zero-order chi connectivity index (χ0) is 29.8. The summed E-state index contributed by atoms with van der Waals surface area (Å²) in [6, 6.07) is 23.4. The average Bonchev–Trinajstić information content (AvgIpc) is 3.80. The van der Waals surface area contributed by atoms with E-state index in [9.17, 15) is 28.8 Å². The van der Waals surface area contributed by atoms with Gasteiger partial charge in [0.15, 0.2) is 9.84 Å². The van der Waals surface area contributed by atoms with E-state index in [0.29, 0.717) is 45.5 Å². The predicted molar refractivity (Wildman–Crippen MR) is 165 cm³/mol. The van der Waals surface area contributed by atoms with Gasteiger partial charge in [-0.1, -0.05) is 48.5 Å². The molecule has 0 saturated heterocycles. The molecule has 4 N–H and O–H groups in total. The third kappa shape index (κ3) is 5.10. The van der Waals surface area contributed by atoms with Crippen molar-refractivity contribution in [1.29, 1.82) is 0 Å². The maximum atomic E-state index is 11.8. The van der Waals surface area contributed by atoms with Crippen LogP contribution in [-0.2, 0) is 22.9 Å². The molecule has 5 aromatic carbocycles. The fourth-order valence-electron chi connectivity index (χ4n) is 5.81. The number of phenolic OH excluding ortho intramolecular Hbond substituents is 3. The summed E-state index contributed by atoms with van der Waals surface area (Å²) in [5, 5.41) is 44.8. The molecular weight excluding hydrogens is 548 g/mol. The summed E-state index contributed by atoms with van der Waals surface area (Å²) < 4.78 is 23.7. The molecule has 1 saturated carbocycles. The summed E-state index contributed by atoms with van der Waals surface area (Å²) in [6.45, 7) is 1.52. The van der Waals surface area contributed by atoms with Crippen molar-refractivity contribution in [2.45, 2.75) is 43.6 Å². The Hall–Kier alpha value is -4.33. The minimum Gasteiger partial charge on any atom is -0.507 e. The van der Waals surface area contributed by atoms with Crippen LogP contribution in [0, 0.1) is 6.92 Å². The molecule has 0 bridgehead atoms. The molecule has 0 spiro atoms. The number of sulfone groups is 1. The van der Waals surface area contributed by atoms with E-state index in [4.69, 9.17) is 0 Å². The highest BCUT2D eigenvalue weighted by Gasteiger charge is 2.26. The van der Waals surface area contributed by atoms with E-state index in [-0.39, 0.29) is 28.8 Å². The smallest absolute Gasteiger partial charge is 0.175 e. The van der Waals surface area contributed by atoms with Crippen molar-refractivity contribution in [3.8, 4) is 39.5 Å². The van der Waals surface area contributed by atoms with Crippen LogP contribution in [0.15, 0.2) is 83.8 Å². The maximum absolute atomic E-state index is 11.8. The van der Waals surface area contributed by atoms with Gasteiger partial charge in [-0.05, 0) is 106 Å². The largest absolute Gasteiger partial charge is 0.507 e. The van der Waals surface area contributed by atoms with Crippen molar-refractivity contribution < 1.29 is 28.8 Å². The first kappa shape index (κ1) is 27.8. The van der Waals surface area contributed by atoms with Crippen LogP contribution in [0.1, 0.15) is 46.6 Å². The van der Waals surface area contributed by atoms with Crippen LogP contribution in [0.25, 0.3) is 33.0 Å². The number of aliphatic hydroxyl groups excluding tert-OH is 1. The van der Waals surface area contributed by atoms with Crippen LogP contribution in [-0.4, -0.2) is 35.1 Å². The minimum atomic E-state index is -3.31. The third-order valence-corrected chi connectivity index (χ3v) is 9.33. The highest BCUT2D eigenvalue weighted by molar-refractivity contribution is 7.90. The first-order valence-electron chi connectivity index (χ1n) is 13.9. The quantitative estimate of drug-likeness (QED) is 0.165. The number of aliphatic hydroxyl groups is 1. The number of fused-ring (bicyclic) bond motifs is 1. The van der Waals surface area contributed by atoms with Gasteiger partial charge in [-0.25, -0.2) is 8.42 Å². The molecule has 1 aliphatic rings.